The summed E-state index contributed by atoms with van der Waals surface area (Å²) in [5, 5.41) is 22.3. The van der Waals surface area contributed by atoms with Gasteiger partial charge in [0.05, 0.1) is 19.2 Å². The number of aromatic nitrogens is 2. The Bertz CT molecular complexity index is 871. The first-order valence-electron chi connectivity index (χ1n) is 6.80. The molecule has 23 heavy (non-hydrogen) atoms. The Morgan fingerprint density at radius 3 is 2.74 bits per heavy atom. The first-order chi connectivity index (χ1) is 11.1. The van der Waals surface area contributed by atoms with Crippen LogP contribution < -0.4 is 10.1 Å². The second-order valence-electron chi connectivity index (χ2n) is 4.85. The van der Waals surface area contributed by atoms with Crippen LogP contribution in [-0.4, -0.2) is 27.3 Å². The number of halogens is 1. The molecule has 0 saturated carbocycles. The lowest BCUT2D eigenvalue weighted by Gasteiger charge is -2.12. The van der Waals surface area contributed by atoms with Gasteiger partial charge in [-0.25, -0.2) is 14.4 Å². The van der Waals surface area contributed by atoms with Crippen LogP contribution in [0, 0.1) is 5.82 Å². The van der Waals surface area contributed by atoms with Crippen LogP contribution in [-0.2, 0) is 6.61 Å². The number of aliphatic hydroxyl groups excluding tert-OH is 1. The average Bonchev–Trinajstić information content (AvgIpc) is 2.57. The van der Waals surface area contributed by atoms with Crippen molar-refractivity contribution < 1.29 is 19.3 Å². The molecule has 3 rings (SSSR count). The molecule has 0 fully saturated rings. The van der Waals surface area contributed by atoms with Crippen molar-refractivity contribution in [2.45, 2.75) is 6.61 Å². The van der Waals surface area contributed by atoms with Crippen molar-refractivity contribution in [3.05, 3.63) is 48.0 Å². The quantitative estimate of drug-likeness (QED) is 0.642. The molecule has 3 aromatic rings. The molecule has 0 unspecified atom stereocenters. The number of nitrogens with zero attached hydrogens (tertiary/aromatic N) is 2. The number of ether oxygens (including phenoxy) is 1. The van der Waals surface area contributed by atoms with Crippen molar-refractivity contribution >= 4 is 22.4 Å². The van der Waals surface area contributed by atoms with Crippen LogP contribution in [0.25, 0.3) is 10.9 Å². The Labute approximate surface area is 131 Å². The number of phenols is 1. The van der Waals surface area contributed by atoms with E-state index in [1.165, 1.54) is 31.6 Å². The molecule has 1 aromatic heterocycles. The Balaban J connectivity index is 2.08. The minimum atomic E-state index is -0.728. The van der Waals surface area contributed by atoms with Gasteiger partial charge in [0.1, 0.15) is 17.9 Å². The molecule has 1 heterocycles. The molecular weight excluding hydrogens is 301 g/mol. The molecule has 0 aliphatic rings. The monoisotopic (exact) mass is 315 g/mol. The SMILES string of the molecule is COc1cc2c(Nc3ccc(O)c(F)c3)ncnc2cc1CO. The summed E-state index contributed by atoms with van der Waals surface area (Å²) in [7, 11) is 1.51. The largest absolute Gasteiger partial charge is 0.505 e. The highest BCUT2D eigenvalue weighted by molar-refractivity contribution is 5.92. The van der Waals surface area contributed by atoms with Gasteiger partial charge < -0.3 is 20.3 Å². The van der Waals surface area contributed by atoms with Crippen LogP contribution >= 0.6 is 0 Å². The van der Waals surface area contributed by atoms with Gasteiger partial charge in [-0.3, -0.25) is 0 Å². The molecule has 0 aliphatic heterocycles. The van der Waals surface area contributed by atoms with Gasteiger partial charge in [0.2, 0.25) is 0 Å². The predicted octanol–water partition coefficient (Wildman–Crippen LogP) is 2.72. The normalized spacial score (nSPS) is 10.7. The molecule has 0 spiro atoms. The fourth-order valence-electron chi connectivity index (χ4n) is 2.26. The van der Waals surface area contributed by atoms with Gasteiger partial charge in [0.15, 0.2) is 11.6 Å². The first-order valence-corrected chi connectivity index (χ1v) is 6.80. The Morgan fingerprint density at radius 1 is 1.22 bits per heavy atom. The van der Waals surface area contributed by atoms with Crippen LogP contribution in [0.1, 0.15) is 5.56 Å². The van der Waals surface area contributed by atoms with E-state index in [9.17, 15) is 14.6 Å². The van der Waals surface area contributed by atoms with Crippen LogP contribution in [0.5, 0.6) is 11.5 Å². The summed E-state index contributed by atoms with van der Waals surface area (Å²) >= 11 is 0. The number of rotatable bonds is 4. The van der Waals surface area contributed by atoms with Gasteiger partial charge in [-0.05, 0) is 24.3 Å². The molecule has 0 atom stereocenters. The van der Waals surface area contributed by atoms with Crippen LogP contribution in [0.2, 0.25) is 0 Å². The molecule has 7 heteroatoms. The molecule has 0 radical (unpaired) electrons. The highest BCUT2D eigenvalue weighted by atomic mass is 19.1. The minimum absolute atomic E-state index is 0.172. The smallest absolute Gasteiger partial charge is 0.166 e. The molecule has 0 aliphatic carbocycles. The average molecular weight is 315 g/mol. The van der Waals surface area contributed by atoms with Crippen molar-refractivity contribution in [2.24, 2.45) is 0 Å². The number of fused-ring (bicyclic) bond motifs is 1. The van der Waals surface area contributed by atoms with E-state index in [0.717, 1.165) is 0 Å². The summed E-state index contributed by atoms with van der Waals surface area (Å²) in [6.45, 7) is -0.172. The van der Waals surface area contributed by atoms with Crippen LogP contribution in [0.3, 0.4) is 0 Å². The van der Waals surface area contributed by atoms with Gasteiger partial charge in [-0.2, -0.15) is 0 Å². The maximum absolute atomic E-state index is 13.4. The number of aliphatic hydroxyl groups is 1. The van der Waals surface area contributed by atoms with E-state index in [0.29, 0.717) is 33.7 Å². The highest BCUT2D eigenvalue weighted by Crippen LogP contribution is 2.30. The number of aromatic hydroxyl groups is 1. The fraction of sp³-hybridized carbons (Fsp3) is 0.125. The topological polar surface area (TPSA) is 87.5 Å². The van der Waals surface area contributed by atoms with Crippen LogP contribution in [0.15, 0.2) is 36.7 Å². The number of hydrogen-bond donors (Lipinski definition) is 3. The Hall–Kier alpha value is -2.93. The number of nitrogens with one attached hydrogen (secondary N) is 1. The van der Waals surface area contributed by atoms with Crippen molar-refractivity contribution in [3.8, 4) is 11.5 Å². The molecule has 118 valence electrons. The second-order valence-corrected chi connectivity index (χ2v) is 4.85. The number of hydrogen-bond acceptors (Lipinski definition) is 6. The summed E-state index contributed by atoms with van der Waals surface area (Å²) < 4.78 is 18.7. The number of benzene rings is 2. The zero-order valence-corrected chi connectivity index (χ0v) is 12.2. The summed E-state index contributed by atoms with van der Waals surface area (Å²) in [6.07, 6.45) is 1.37. The van der Waals surface area contributed by atoms with Gasteiger partial charge in [-0.15, -0.1) is 0 Å². The third kappa shape index (κ3) is 2.86. The van der Waals surface area contributed by atoms with E-state index in [2.05, 4.69) is 15.3 Å². The fourth-order valence-corrected chi connectivity index (χ4v) is 2.26. The summed E-state index contributed by atoms with van der Waals surface area (Å²) in [5.74, 6) is -0.177. The van der Waals surface area contributed by atoms with Gasteiger partial charge in [0, 0.05) is 22.7 Å². The van der Waals surface area contributed by atoms with Gasteiger partial charge >= 0.3 is 0 Å². The van der Waals surface area contributed by atoms with Gasteiger partial charge in [0.25, 0.3) is 0 Å². The number of methoxy groups -OCH3 is 1. The summed E-state index contributed by atoms with van der Waals surface area (Å²) in [5.41, 5.74) is 1.66. The molecule has 2 aromatic carbocycles. The van der Waals surface area contributed by atoms with E-state index in [-0.39, 0.29) is 6.61 Å². The molecule has 0 bridgehead atoms. The Kier molecular flexibility index (Phi) is 3.94. The van der Waals surface area contributed by atoms with E-state index in [1.54, 1.807) is 12.1 Å². The first kappa shape index (κ1) is 15.0. The number of phenolic OH excluding ortho intramolecular Hbond substituents is 1. The van der Waals surface area contributed by atoms with E-state index in [4.69, 9.17) is 4.74 Å². The molecule has 0 amide bonds. The molecular formula is C16H14FN3O3. The van der Waals surface area contributed by atoms with Gasteiger partial charge in [-0.1, -0.05) is 0 Å². The third-order valence-electron chi connectivity index (χ3n) is 3.42. The van der Waals surface area contributed by atoms with E-state index < -0.39 is 11.6 Å². The van der Waals surface area contributed by atoms with E-state index in [1.807, 2.05) is 0 Å². The van der Waals surface area contributed by atoms with Crippen molar-refractivity contribution in [2.75, 3.05) is 12.4 Å². The third-order valence-corrected chi connectivity index (χ3v) is 3.42. The lowest BCUT2D eigenvalue weighted by molar-refractivity contribution is 0.274. The summed E-state index contributed by atoms with van der Waals surface area (Å²) in [6, 6.07) is 7.37. The zero-order chi connectivity index (χ0) is 16.4. The van der Waals surface area contributed by atoms with Crippen molar-refractivity contribution in [1.29, 1.82) is 0 Å². The maximum atomic E-state index is 13.4. The lowest BCUT2D eigenvalue weighted by Crippen LogP contribution is -1.99. The molecule has 6 nitrogen and oxygen atoms in total. The Morgan fingerprint density at radius 2 is 2.04 bits per heavy atom. The predicted molar refractivity (Wildman–Crippen MR) is 83.4 cm³/mol. The number of anilines is 2. The zero-order valence-electron chi connectivity index (χ0n) is 12.2. The second kappa shape index (κ2) is 6.05. The molecule has 0 saturated heterocycles. The minimum Gasteiger partial charge on any atom is -0.505 e. The van der Waals surface area contributed by atoms with Crippen molar-refractivity contribution in [3.63, 3.8) is 0 Å². The van der Waals surface area contributed by atoms with Crippen LogP contribution in [0.4, 0.5) is 15.9 Å². The summed E-state index contributed by atoms with van der Waals surface area (Å²) in [4.78, 5) is 8.33. The standard InChI is InChI=1S/C16H14FN3O3/c1-23-15-6-11-13(4-9(15)7-21)18-8-19-16(11)20-10-2-3-14(22)12(17)5-10/h2-6,8,21-22H,7H2,1H3,(H,18,19,20). The maximum Gasteiger partial charge on any atom is 0.166 e. The van der Waals surface area contributed by atoms with Crippen molar-refractivity contribution in [1.82, 2.24) is 9.97 Å². The highest BCUT2D eigenvalue weighted by Gasteiger charge is 2.11. The van der Waals surface area contributed by atoms with E-state index >= 15 is 0 Å². The lowest BCUT2D eigenvalue weighted by atomic mass is 10.1. The molecule has 3 N–H and O–H groups in total.